The van der Waals surface area contributed by atoms with Crippen molar-refractivity contribution in [1.82, 2.24) is 0 Å². The topological polar surface area (TPSA) is 78.9 Å². The van der Waals surface area contributed by atoms with E-state index in [-0.39, 0.29) is 11.3 Å². The van der Waals surface area contributed by atoms with Gasteiger partial charge in [0.25, 0.3) is 0 Å². The Labute approximate surface area is 130 Å². The molecule has 1 heterocycles. The van der Waals surface area contributed by atoms with Gasteiger partial charge in [0.1, 0.15) is 11.1 Å². The highest BCUT2D eigenvalue weighted by Gasteiger charge is 2.30. The molecule has 1 amide bonds. The van der Waals surface area contributed by atoms with Crippen molar-refractivity contribution in [3.63, 3.8) is 0 Å². The van der Waals surface area contributed by atoms with E-state index in [2.05, 4.69) is 18.3 Å². The average Bonchev–Trinajstić information content (AvgIpc) is 2.72. The fourth-order valence-corrected chi connectivity index (χ4v) is 3.90. The van der Waals surface area contributed by atoms with Crippen LogP contribution in [0.25, 0.3) is 0 Å². The average molecular weight is 305 g/mol. The zero-order valence-corrected chi connectivity index (χ0v) is 13.9. The van der Waals surface area contributed by atoms with Crippen molar-refractivity contribution in [3.05, 3.63) is 16.0 Å². The molecule has 1 unspecified atom stereocenters. The minimum atomic E-state index is -0.595. The Kier molecular flexibility index (Phi) is 4.40. The van der Waals surface area contributed by atoms with Crippen molar-refractivity contribution in [2.45, 2.75) is 53.0 Å². The lowest BCUT2D eigenvalue weighted by Crippen LogP contribution is -2.45. The van der Waals surface area contributed by atoms with Crippen molar-refractivity contribution < 1.29 is 4.79 Å². The van der Waals surface area contributed by atoms with E-state index >= 15 is 0 Å². The van der Waals surface area contributed by atoms with E-state index < -0.39 is 6.04 Å². The van der Waals surface area contributed by atoms with Crippen LogP contribution < -0.4 is 11.1 Å². The van der Waals surface area contributed by atoms with E-state index in [1.54, 1.807) is 0 Å². The Morgan fingerprint density at radius 1 is 1.52 bits per heavy atom. The number of amides is 1. The SMILES string of the molecule is CC1CCc2c(sc(NC(=O)[C@H](N)C(C)(C)C)c2C#N)C1. The molecule has 0 aromatic carbocycles. The van der Waals surface area contributed by atoms with E-state index in [4.69, 9.17) is 5.73 Å². The van der Waals surface area contributed by atoms with Gasteiger partial charge in [0.2, 0.25) is 5.91 Å². The Balaban J connectivity index is 2.26. The Morgan fingerprint density at radius 2 is 2.19 bits per heavy atom. The van der Waals surface area contributed by atoms with Crippen LogP contribution >= 0.6 is 11.3 Å². The second-order valence-corrected chi connectivity index (χ2v) is 8.11. The molecule has 0 radical (unpaired) electrons. The van der Waals surface area contributed by atoms with E-state index in [9.17, 15) is 10.1 Å². The number of carbonyl (C=O) groups excluding carboxylic acids is 1. The highest BCUT2D eigenvalue weighted by molar-refractivity contribution is 7.16. The molecule has 1 aromatic heterocycles. The fourth-order valence-electron chi connectivity index (χ4n) is 2.54. The van der Waals surface area contributed by atoms with Gasteiger partial charge in [0.15, 0.2) is 0 Å². The molecule has 0 spiro atoms. The van der Waals surface area contributed by atoms with Crippen LogP contribution in [0, 0.1) is 22.7 Å². The van der Waals surface area contributed by atoms with Crippen molar-refractivity contribution >= 4 is 22.2 Å². The van der Waals surface area contributed by atoms with E-state index in [0.29, 0.717) is 16.5 Å². The van der Waals surface area contributed by atoms with Crippen LogP contribution in [0.3, 0.4) is 0 Å². The number of thiophene rings is 1. The second kappa shape index (κ2) is 5.78. The van der Waals surface area contributed by atoms with Gasteiger partial charge in [0.05, 0.1) is 11.6 Å². The lowest BCUT2D eigenvalue weighted by atomic mass is 9.87. The summed E-state index contributed by atoms with van der Waals surface area (Å²) in [5.74, 6) is 0.425. The molecule has 21 heavy (non-hydrogen) atoms. The molecule has 1 aromatic rings. The number of hydrogen-bond acceptors (Lipinski definition) is 4. The number of anilines is 1. The highest BCUT2D eigenvalue weighted by Crippen LogP contribution is 2.39. The predicted octanol–water partition coefficient (Wildman–Crippen LogP) is 3.06. The summed E-state index contributed by atoms with van der Waals surface area (Å²) in [4.78, 5) is 13.5. The standard InChI is InChI=1S/C16H23N3OS/c1-9-5-6-10-11(8-17)15(21-12(10)7-9)19-14(20)13(18)16(2,3)4/h9,13H,5-7,18H2,1-4H3,(H,19,20)/t9?,13-/m0/s1. The number of rotatable bonds is 2. The molecule has 0 aliphatic heterocycles. The second-order valence-electron chi connectivity index (χ2n) is 7.00. The first-order chi connectivity index (χ1) is 9.74. The third kappa shape index (κ3) is 3.28. The fraction of sp³-hybridized carbons (Fsp3) is 0.625. The number of carbonyl (C=O) groups is 1. The molecule has 3 N–H and O–H groups in total. The zero-order valence-electron chi connectivity index (χ0n) is 13.1. The normalized spacial score (nSPS) is 19.5. The summed E-state index contributed by atoms with van der Waals surface area (Å²) in [7, 11) is 0. The number of nitriles is 1. The van der Waals surface area contributed by atoms with Gasteiger partial charge in [-0.1, -0.05) is 27.7 Å². The first kappa shape index (κ1) is 16.0. The summed E-state index contributed by atoms with van der Waals surface area (Å²) in [6, 6.07) is 1.66. The van der Waals surface area contributed by atoms with Gasteiger partial charge in [0, 0.05) is 4.88 Å². The molecule has 4 nitrogen and oxygen atoms in total. The maximum absolute atomic E-state index is 12.3. The summed E-state index contributed by atoms with van der Waals surface area (Å²) in [6.45, 7) is 8.03. The molecule has 0 saturated heterocycles. The molecular weight excluding hydrogens is 282 g/mol. The summed E-state index contributed by atoms with van der Waals surface area (Å²) < 4.78 is 0. The molecule has 5 heteroatoms. The van der Waals surface area contributed by atoms with Crippen LogP contribution in [-0.4, -0.2) is 11.9 Å². The molecular formula is C16H23N3OS. The number of nitrogens with zero attached hydrogens (tertiary/aromatic N) is 1. The highest BCUT2D eigenvalue weighted by atomic mass is 32.1. The van der Waals surface area contributed by atoms with Crippen LogP contribution in [0.5, 0.6) is 0 Å². The quantitative estimate of drug-likeness (QED) is 0.881. The van der Waals surface area contributed by atoms with Crippen LogP contribution in [-0.2, 0) is 17.6 Å². The summed E-state index contributed by atoms with van der Waals surface area (Å²) in [5.41, 5.74) is 7.45. The van der Waals surface area contributed by atoms with Gasteiger partial charge in [-0.15, -0.1) is 11.3 Å². The molecule has 0 fully saturated rings. The van der Waals surface area contributed by atoms with Crippen molar-refractivity contribution in [3.8, 4) is 6.07 Å². The first-order valence-electron chi connectivity index (χ1n) is 7.35. The van der Waals surface area contributed by atoms with Crippen LogP contribution in [0.15, 0.2) is 0 Å². The van der Waals surface area contributed by atoms with Gasteiger partial charge >= 0.3 is 0 Å². The van der Waals surface area contributed by atoms with Gasteiger partial charge in [-0.3, -0.25) is 4.79 Å². The lowest BCUT2D eigenvalue weighted by molar-refractivity contribution is -0.119. The maximum atomic E-state index is 12.3. The minimum absolute atomic E-state index is 0.217. The molecule has 2 rings (SSSR count). The Bertz CT molecular complexity index is 592. The summed E-state index contributed by atoms with van der Waals surface area (Å²) in [6.07, 6.45) is 3.03. The Morgan fingerprint density at radius 3 is 2.76 bits per heavy atom. The summed E-state index contributed by atoms with van der Waals surface area (Å²) in [5, 5.41) is 13.0. The van der Waals surface area contributed by atoms with Crippen LogP contribution in [0.2, 0.25) is 0 Å². The van der Waals surface area contributed by atoms with Crippen molar-refractivity contribution in [2.24, 2.45) is 17.1 Å². The first-order valence-corrected chi connectivity index (χ1v) is 8.16. The number of hydrogen-bond donors (Lipinski definition) is 2. The van der Waals surface area contributed by atoms with Gasteiger partial charge in [-0.2, -0.15) is 5.26 Å². The van der Waals surface area contributed by atoms with E-state index in [0.717, 1.165) is 24.8 Å². The van der Waals surface area contributed by atoms with Crippen LogP contribution in [0.4, 0.5) is 5.00 Å². The van der Waals surface area contributed by atoms with Gasteiger partial charge < -0.3 is 11.1 Å². The molecule has 0 bridgehead atoms. The third-order valence-corrected chi connectivity index (χ3v) is 5.25. The maximum Gasteiger partial charge on any atom is 0.242 e. The minimum Gasteiger partial charge on any atom is -0.319 e. The number of nitrogens with two attached hydrogens (primary N) is 1. The Hall–Kier alpha value is -1.38. The zero-order chi connectivity index (χ0) is 15.8. The van der Waals surface area contributed by atoms with Crippen molar-refractivity contribution in [2.75, 3.05) is 5.32 Å². The third-order valence-electron chi connectivity index (χ3n) is 4.08. The smallest absolute Gasteiger partial charge is 0.242 e. The number of fused-ring (bicyclic) bond motifs is 1. The van der Waals surface area contributed by atoms with E-state index in [1.165, 1.54) is 16.2 Å². The van der Waals surface area contributed by atoms with Gasteiger partial charge in [-0.05, 0) is 36.2 Å². The monoisotopic (exact) mass is 305 g/mol. The molecule has 114 valence electrons. The van der Waals surface area contributed by atoms with Crippen LogP contribution in [0.1, 0.15) is 50.1 Å². The number of nitrogens with one attached hydrogen (secondary N) is 1. The summed E-state index contributed by atoms with van der Waals surface area (Å²) >= 11 is 1.54. The lowest BCUT2D eigenvalue weighted by Gasteiger charge is -2.25. The molecule has 2 atom stereocenters. The molecule has 0 saturated carbocycles. The largest absolute Gasteiger partial charge is 0.319 e. The predicted molar refractivity (Wildman–Crippen MR) is 86.3 cm³/mol. The van der Waals surface area contributed by atoms with E-state index in [1.807, 2.05) is 20.8 Å². The van der Waals surface area contributed by atoms with Crippen molar-refractivity contribution in [1.29, 1.82) is 5.26 Å². The molecule has 1 aliphatic rings. The molecule has 1 aliphatic carbocycles. The van der Waals surface area contributed by atoms with Gasteiger partial charge in [-0.25, -0.2) is 0 Å².